The van der Waals surface area contributed by atoms with Gasteiger partial charge in [-0.2, -0.15) is 0 Å². The molecule has 0 atom stereocenters. The Morgan fingerprint density at radius 3 is 2.53 bits per heavy atom. The molecular weight excluding hydrogens is 279 g/mol. The van der Waals surface area contributed by atoms with Crippen molar-refractivity contribution in [3.05, 3.63) is 39.7 Å². The maximum Gasteiger partial charge on any atom is 0.185 e. The summed E-state index contributed by atoms with van der Waals surface area (Å²) in [6, 6.07) is 7.24. The zero-order valence-corrected chi connectivity index (χ0v) is 9.84. The van der Waals surface area contributed by atoms with Gasteiger partial charge in [-0.3, -0.25) is 4.79 Å². The van der Waals surface area contributed by atoms with E-state index in [9.17, 15) is 4.79 Å². The topological polar surface area (TPSA) is 45.8 Å². The number of rotatable bonds is 2. The number of H-pyrrole nitrogens is 1. The summed E-state index contributed by atoms with van der Waals surface area (Å²) >= 11 is 9.08. The Hall–Kier alpha value is -1.13. The van der Waals surface area contributed by atoms with Crippen LogP contribution in [0.4, 0.5) is 0 Å². The number of aromatic amines is 1. The fourth-order valence-corrected chi connectivity index (χ4v) is 1.87. The molecule has 1 N–H and O–H groups in total. The van der Waals surface area contributed by atoms with Crippen LogP contribution in [0.2, 0.25) is 5.02 Å². The van der Waals surface area contributed by atoms with Gasteiger partial charge in [0, 0.05) is 10.6 Å². The van der Waals surface area contributed by atoms with Crippen molar-refractivity contribution in [2.75, 3.05) is 0 Å². The van der Waals surface area contributed by atoms with Gasteiger partial charge in [0.05, 0.1) is 0 Å². The Balaban J connectivity index is 2.48. The van der Waals surface area contributed by atoms with Crippen LogP contribution in [-0.2, 0) is 0 Å². The van der Waals surface area contributed by atoms with Crippen molar-refractivity contribution in [2.45, 2.75) is 0 Å². The average Bonchev–Trinajstić information content (AvgIpc) is 2.61. The molecule has 5 heteroatoms. The highest BCUT2D eigenvalue weighted by Gasteiger charge is 2.09. The third-order valence-electron chi connectivity index (χ3n) is 1.91. The number of nitrogens with zero attached hydrogens (tertiary/aromatic N) is 1. The third kappa shape index (κ3) is 2.11. The van der Waals surface area contributed by atoms with E-state index in [4.69, 9.17) is 11.6 Å². The van der Waals surface area contributed by atoms with Crippen molar-refractivity contribution in [3.8, 4) is 11.3 Å². The molecule has 0 saturated carbocycles. The molecule has 76 valence electrons. The van der Waals surface area contributed by atoms with Gasteiger partial charge in [0.1, 0.15) is 10.3 Å². The number of aromatic nitrogens is 2. The van der Waals surface area contributed by atoms with E-state index >= 15 is 0 Å². The summed E-state index contributed by atoms with van der Waals surface area (Å²) in [5.74, 6) is 0.298. The van der Waals surface area contributed by atoms with E-state index in [-0.39, 0.29) is 0 Å². The molecule has 2 aromatic rings. The van der Waals surface area contributed by atoms with Crippen molar-refractivity contribution in [3.63, 3.8) is 0 Å². The lowest BCUT2D eigenvalue weighted by Crippen LogP contribution is -1.81. The van der Waals surface area contributed by atoms with Crippen LogP contribution in [0.1, 0.15) is 10.6 Å². The number of benzene rings is 1. The zero-order chi connectivity index (χ0) is 10.8. The van der Waals surface area contributed by atoms with E-state index in [0.717, 1.165) is 5.56 Å². The van der Waals surface area contributed by atoms with Crippen LogP contribution in [0, 0.1) is 0 Å². The second-order valence-corrected chi connectivity index (χ2v) is 4.14. The fourth-order valence-electron chi connectivity index (χ4n) is 1.22. The molecular formula is C10H6BrClN2O. The first-order valence-corrected chi connectivity index (χ1v) is 5.34. The fraction of sp³-hybridized carbons (Fsp3) is 0. The summed E-state index contributed by atoms with van der Waals surface area (Å²) in [6.07, 6.45) is 0.671. The highest BCUT2D eigenvalue weighted by molar-refractivity contribution is 9.10. The Morgan fingerprint density at radius 1 is 1.33 bits per heavy atom. The number of imidazole rings is 1. The van der Waals surface area contributed by atoms with Crippen LogP contribution < -0.4 is 0 Å². The van der Waals surface area contributed by atoms with Crippen LogP contribution in [0.25, 0.3) is 11.3 Å². The zero-order valence-electron chi connectivity index (χ0n) is 7.50. The van der Waals surface area contributed by atoms with Crippen molar-refractivity contribution in [1.29, 1.82) is 0 Å². The maximum atomic E-state index is 10.5. The summed E-state index contributed by atoms with van der Waals surface area (Å²) in [5, 5.41) is 0.668. The first-order chi connectivity index (χ1) is 7.20. The number of hydrogen-bond acceptors (Lipinski definition) is 2. The average molecular weight is 286 g/mol. The van der Waals surface area contributed by atoms with Gasteiger partial charge in [-0.15, -0.1) is 0 Å². The largest absolute Gasteiger partial charge is 0.330 e. The third-order valence-corrected chi connectivity index (χ3v) is 2.73. The predicted molar refractivity (Wildman–Crippen MR) is 62.1 cm³/mol. The van der Waals surface area contributed by atoms with Crippen LogP contribution in [0.15, 0.2) is 28.9 Å². The molecule has 15 heavy (non-hydrogen) atoms. The minimum atomic E-state index is 0.298. The van der Waals surface area contributed by atoms with Gasteiger partial charge in [0.15, 0.2) is 12.1 Å². The minimum Gasteiger partial charge on any atom is -0.330 e. The highest BCUT2D eigenvalue weighted by Crippen LogP contribution is 2.26. The second kappa shape index (κ2) is 4.16. The summed E-state index contributed by atoms with van der Waals surface area (Å²) in [6.45, 7) is 0. The van der Waals surface area contributed by atoms with Crippen molar-refractivity contribution < 1.29 is 4.79 Å². The number of carbonyl (C=O) groups is 1. The molecule has 0 fully saturated rings. The molecule has 0 spiro atoms. The van der Waals surface area contributed by atoms with E-state index in [0.29, 0.717) is 27.4 Å². The van der Waals surface area contributed by atoms with Crippen molar-refractivity contribution in [2.24, 2.45) is 0 Å². The Morgan fingerprint density at radius 2 is 2.00 bits per heavy atom. The molecule has 0 radical (unpaired) electrons. The van der Waals surface area contributed by atoms with E-state index in [2.05, 4.69) is 25.9 Å². The summed E-state index contributed by atoms with van der Waals surface area (Å²) in [4.78, 5) is 17.4. The lowest BCUT2D eigenvalue weighted by atomic mass is 10.2. The highest BCUT2D eigenvalue weighted by atomic mass is 79.9. The van der Waals surface area contributed by atoms with Gasteiger partial charge in [0.25, 0.3) is 0 Å². The molecule has 0 unspecified atom stereocenters. The van der Waals surface area contributed by atoms with E-state index < -0.39 is 0 Å². The van der Waals surface area contributed by atoms with E-state index in [1.54, 1.807) is 12.1 Å². The standard InChI is InChI=1S/C10H6BrClN2O/c11-10-9(13-8(5-15)14-10)6-1-3-7(12)4-2-6/h1-5H,(H,13,14). The normalized spacial score (nSPS) is 10.3. The molecule has 2 rings (SSSR count). The van der Waals surface area contributed by atoms with Gasteiger partial charge in [-0.05, 0) is 28.1 Å². The monoisotopic (exact) mass is 284 g/mol. The van der Waals surface area contributed by atoms with Crippen molar-refractivity contribution >= 4 is 33.8 Å². The van der Waals surface area contributed by atoms with Crippen LogP contribution >= 0.6 is 27.5 Å². The molecule has 0 aliphatic rings. The summed E-state index contributed by atoms with van der Waals surface area (Å²) in [7, 11) is 0. The van der Waals surface area contributed by atoms with Gasteiger partial charge in [0.2, 0.25) is 0 Å². The number of halogens is 2. The first kappa shape index (κ1) is 10.4. The van der Waals surface area contributed by atoms with Gasteiger partial charge in [-0.25, -0.2) is 4.98 Å². The van der Waals surface area contributed by atoms with Gasteiger partial charge in [-0.1, -0.05) is 23.7 Å². The van der Waals surface area contributed by atoms with Crippen molar-refractivity contribution in [1.82, 2.24) is 9.97 Å². The molecule has 0 saturated heterocycles. The molecule has 1 aromatic carbocycles. The number of hydrogen-bond donors (Lipinski definition) is 1. The Labute approximate surface area is 99.6 Å². The maximum absolute atomic E-state index is 10.5. The molecule has 0 aliphatic carbocycles. The molecule has 3 nitrogen and oxygen atoms in total. The van der Waals surface area contributed by atoms with Crippen LogP contribution in [0.5, 0.6) is 0 Å². The van der Waals surface area contributed by atoms with Crippen LogP contribution in [-0.4, -0.2) is 16.3 Å². The molecule has 0 bridgehead atoms. The smallest absolute Gasteiger partial charge is 0.185 e. The van der Waals surface area contributed by atoms with E-state index in [1.807, 2.05) is 12.1 Å². The number of aldehydes is 1. The van der Waals surface area contributed by atoms with E-state index in [1.165, 1.54) is 0 Å². The second-order valence-electron chi connectivity index (χ2n) is 2.91. The number of carbonyl (C=O) groups excluding carboxylic acids is 1. The quantitative estimate of drug-likeness (QED) is 0.861. The Bertz CT molecular complexity index is 493. The predicted octanol–water partition coefficient (Wildman–Crippen LogP) is 3.31. The van der Waals surface area contributed by atoms with Gasteiger partial charge < -0.3 is 4.98 Å². The molecule has 1 heterocycles. The molecule has 0 amide bonds. The van der Waals surface area contributed by atoms with Gasteiger partial charge >= 0.3 is 0 Å². The minimum absolute atomic E-state index is 0.298. The first-order valence-electron chi connectivity index (χ1n) is 4.17. The SMILES string of the molecule is O=Cc1nc(-c2ccc(Cl)cc2)c(Br)[nH]1. The molecule has 0 aliphatic heterocycles. The summed E-state index contributed by atoms with van der Waals surface area (Å²) < 4.78 is 0.687. The lowest BCUT2D eigenvalue weighted by molar-refractivity contribution is 0.111. The number of nitrogens with one attached hydrogen (secondary N) is 1. The van der Waals surface area contributed by atoms with Crippen LogP contribution in [0.3, 0.4) is 0 Å². The Kier molecular flexibility index (Phi) is 2.88. The summed E-state index contributed by atoms with van der Waals surface area (Å²) in [5.41, 5.74) is 1.60. The lowest BCUT2D eigenvalue weighted by Gasteiger charge is -1.97. The molecule has 1 aromatic heterocycles.